The van der Waals surface area contributed by atoms with Gasteiger partial charge in [0.25, 0.3) is 0 Å². The quantitative estimate of drug-likeness (QED) is 0.485. The van der Waals surface area contributed by atoms with Gasteiger partial charge in [-0.25, -0.2) is 0 Å². The highest BCUT2D eigenvalue weighted by atomic mass is 16.3. The predicted octanol–water partition coefficient (Wildman–Crippen LogP) is 5.49. The van der Waals surface area contributed by atoms with E-state index in [1.807, 2.05) is 72.8 Å². The first-order valence-electron chi connectivity index (χ1n) is 8.37. The van der Waals surface area contributed by atoms with E-state index in [1.165, 1.54) is 12.1 Å². The standard InChI is InChI=1S/C23H17NO2/c25-20-13-14-21(26)23(22(20)16-8-2-1-3-9-16)18-11-5-4-10-17(18)19-12-6-7-15-24-19/h1-15,25-26H. The third-order valence-electron chi connectivity index (χ3n) is 4.36. The monoisotopic (exact) mass is 339 g/mol. The maximum Gasteiger partial charge on any atom is 0.124 e. The zero-order valence-electron chi connectivity index (χ0n) is 14.0. The molecule has 26 heavy (non-hydrogen) atoms. The average molecular weight is 339 g/mol. The van der Waals surface area contributed by atoms with E-state index in [1.54, 1.807) is 6.20 Å². The Morgan fingerprint density at radius 1 is 0.538 bits per heavy atom. The van der Waals surface area contributed by atoms with Crippen LogP contribution in [0.1, 0.15) is 0 Å². The highest BCUT2D eigenvalue weighted by Gasteiger charge is 2.19. The van der Waals surface area contributed by atoms with Crippen molar-refractivity contribution in [1.29, 1.82) is 0 Å². The summed E-state index contributed by atoms with van der Waals surface area (Å²) in [7, 11) is 0. The van der Waals surface area contributed by atoms with Gasteiger partial charge < -0.3 is 10.2 Å². The minimum absolute atomic E-state index is 0.116. The number of aromatic nitrogens is 1. The molecule has 0 aliphatic heterocycles. The summed E-state index contributed by atoms with van der Waals surface area (Å²) in [5.41, 5.74) is 4.56. The van der Waals surface area contributed by atoms with Gasteiger partial charge in [0.1, 0.15) is 11.5 Å². The topological polar surface area (TPSA) is 53.4 Å². The maximum absolute atomic E-state index is 10.7. The van der Waals surface area contributed by atoms with E-state index in [4.69, 9.17) is 0 Å². The van der Waals surface area contributed by atoms with Crippen molar-refractivity contribution in [2.75, 3.05) is 0 Å². The molecule has 0 aliphatic carbocycles. The van der Waals surface area contributed by atoms with Crippen LogP contribution in [0.15, 0.2) is 91.1 Å². The number of rotatable bonds is 3. The highest BCUT2D eigenvalue weighted by Crippen LogP contribution is 2.46. The molecular weight excluding hydrogens is 322 g/mol. The lowest BCUT2D eigenvalue weighted by Crippen LogP contribution is -1.91. The first kappa shape index (κ1) is 15.9. The molecule has 3 nitrogen and oxygen atoms in total. The third-order valence-corrected chi connectivity index (χ3v) is 4.36. The van der Waals surface area contributed by atoms with E-state index in [2.05, 4.69) is 4.98 Å². The number of phenols is 2. The van der Waals surface area contributed by atoms with Gasteiger partial charge in [0.05, 0.1) is 5.69 Å². The van der Waals surface area contributed by atoms with Crippen LogP contribution in [0.4, 0.5) is 0 Å². The van der Waals surface area contributed by atoms with E-state index in [9.17, 15) is 10.2 Å². The van der Waals surface area contributed by atoms with Crippen LogP contribution < -0.4 is 0 Å². The molecule has 0 saturated carbocycles. The second-order valence-corrected chi connectivity index (χ2v) is 5.98. The van der Waals surface area contributed by atoms with Crippen molar-refractivity contribution in [3.63, 3.8) is 0 Å². The Bertz CT molecular complexity index is 1040. The molecule has 126 valence electrons. The summed E-state index contributed by atoms with van der Waals surface area (Å²) in [6.45, 7) is 0. The van der Waals surface area contributed by atoms with Gasteiger partial charge in [-0.2, -0.15) is 0 Å². The molecule has 0 amide bonds. The van der Waals surface area contributed by atoms with Crippen LogP contribution >= 0.6 is 0 Å². The Kier molecular flexibility index (Phi) is 4.12. The van der Waals surface area contributed by atoms with Crippen molar-refractivity contribution in [1.82, 2.24) is 4.98 Å². The molecule has 3 heteroatoms. The van der Waals surface area contributed by atoms with Gasteiger partial charge in [0.2, 0.25) is 0 Å². The number of phenolic OH excluding ortho intramolecular Hbond substituents is 2. The fraction of sp³-hybridized carbons (Fsp3) is 0. The van der Waals surface area contributed by atoms with Crippen LogP contribution in [0.5, 0.6) is 11.5 Å². The van der Waals surface area contributed by atoms with Crippen LogP contribution in [0.2, 0.25) is 0 Å². The zero-order chi connectivity index (χ0) is 17.9. The predicted molar refractivity (Wildman–Crippen MR) is 104 cm³/mol. The molecule has 4 rings (SSSR count). The van der Waals surface area contributed by atoms with E-state index in [0.29, 0.717) is 11.1 Å². The summed E-state index contributed by atoms with van der Waals surface area (Å²) in [6, 6.07) is 26.1. The van der Waals surface area contributed by atoms with Crippen molar-refractivity contribution in [2.24, 2.45) is 0 Å². The Morgan fingerprint density at radius 2 is 1.15 bits per heavy atom. The number of benzene rings is 3. The fourth-order valence-corrected chi connectivity index (χ4v) is 3.20. The Hall–Kier alpha value is -3.59. The Balaban J connectivity index is 2.03. The van der Waals surface area contributed by atoms with Gasteiger partial charge in [-0.15, -0.1) is 0 Å². The number of aromatic hydroxyl groups is 2. The third kappa shape index (κ3) is 2.80. The zero-order valence-corrected chi connectivity index (χ0v) is 14.0. The largest absolute Gasteiger partial charge is 0.507 e. The first-order valence-corrected chi connectivity index (χ1v) is 8.37. The summed E-state index contributed by atoms with van der Waals surface area (Å²) in [5, 5.41) is 21.2. The fourth-order valence-electron chi connectivity index (χ4n) is 3.20. The van der Waals surface area contributed by atoms with Crippen LogP contribution in [-0.2, 0) is 0 Å². The summed E-state index contributed by atoms with van der Waals surface area (Å²) in [5.74, 6) is 0.241. The van der Waals surface area contributed by atoms with Gasteiger partial charge in [-0.3, -0.25) is 4.98 Å². The van der Waals surface area contributed by atoms with Crippen LogP contribution in [0.3, 0.4) is 0 Å². The smallest absolute Gasteiger partial charge is 0.124 e. The minimum atomic E-state index is 0.116. The van der Waals surface area contributed by atoms with Crippen LogP contribution in [0.25, 0.3) is 33.5 Å². The van der Waals surface area contributed by atoms with Gasteiger partial charge in [-0.1, -0.05) is 60.7 Å². The molecule has 3 aromatic carbocycles. The summed E-state index contributed by atoms with van der Waals surface area (Å²) >= 11 is 0. The number of nitrogens with zero attached hydrogens (tertiary/aromatic N) is 1. The van der Waals surface area contributed by atoms with Crippen LogP contribution in [-0.4, -0.2) is 15.2 Å². The molecule has 0 fully saturated rings. The molecule has 0 spiro atoms. The molecule has 1 aromatic heterocycles. The number of hydrogen-bond donors (Lipinski definition) is 2. The Labute approximate surface area is 151 Å². The second kappa shape index (κ2) is 6.73. The van der Waals surface area contributed by atoms with Crippen molar-refractivity contribution in [3.05, 3.63) is 91.1 Å². The van der Waals surface area contributed by atoms with Crippen molar-refractivity contribution in [2.45, 2.75) is 0 Å². The molecule has 0 atom stereocenters. The lowest BCUT2D eigenvalue weighted by Gasteiger charge is -2.17. The molecule has 2 N–H and O–H groups in total. The maximum atomic E-state index is 10.7. The molecule has 0 saturated heterocycles. The number of pyridine rings is 1. The van der Waals surface area contributed by atoms with Gasteiger partial charge in [0, 0.05) is 22.9 Å². The number of hydrogen-bond acceptors (Lipinski definition) is 3. The highest BCUT2D eigenvalue weighted by molar-refractivity contribution is 5.96. The summed E-state index contributed by atoms with van der Waals surface area (Å²) < 4.78 is 0. The molecule has 0 bridgehead atoms. The van der Waals surface area contributed by atoms with Gasteiger partial charge in [-0.05, 0) is 35.4 Å². The molecular formula is C23H17NO2. The summed E-state index contributed by atoms with van der Waals surface area (Å²) in [6.07, 6.45) is 1.74. The van der Waals surface area contributed by atoms with E-state index >= 15 is 0 Å². The Morgan fingerprint density at radius 3 is 1.85 bits per heavy atom. The van der Waals surface area contributed by atoms with Crippen LogP contribution in [0, 0.1) is 0 Å². The molecule has 4 aromatic rings. The van der Waals surface area contributed by atoms with Crippen molar-refractivity contribution < 1.29 is 10.2 Å². The van der Waals surface area contributed by atoms with E-state index in [0.717, 1.165) is 22.4 Å². The van der Waals surface area contributed by atoms with Gasteiger partial charge >= 0.3 is 0 Å². The SMILES string of the molecule is Oc1ccc(O)c(-c2ccccc2-c2ccccn2)c1-c1ccccc1. The van der Waals surface area contributed by atoms with E-state index in [-0.39, 0.29) is 11.5 Å². The molecule has 0 aliphatic rings. The first-order chi connectivity index (χ1) is 12.8. The normalized spacial score (nSPS) is 10.6. The summed E-state index contributed by atoms with van der Waals surface area (Å²) in [4.78, 5) is 4.45. The lowest BCUT2D eigenvalue weighted by atomic mass is 9.89. The molecule has 1 heterocycles. The second-order valence-electron chi connectivity index (χ2n) is 5.98. The van der Waals surface area contributed by atoms with E-state index < -0.39 is 0 Å². The minimum Gasteiger partial charge on any atom is -0.507 e. The lowest BCUT2D eigenvalue weighted by molar-refractivity contribution is 0.463. The van der Waals surface area contributed by atoms with Crippen molar-refractivity contribution >= 4 is 0 Å². The average Bonchev–Trinajstić information content (AvgIpc) is 2.71. The molecule has 0 radical (unpaired) electrons. The molecule has 0 unspecified atom stereocenters. The van der Waals surface area contributed by atoms with Gasteiger partial charge in [0.15, 0.2) is 0 Å². The van der Waals surface area contributed by atoms with Crippen molar-refractivity contribution in [3.8, 4) is 45.0 Å².